The molecule has 2 N–H and O–H groups in total. The van der Waals surface area contributed by atoms with Gasteiger partial charge < -0.3 is 15.5 Å². The van der Waals surface area contributed by atoms with E-state index >= 15 is 0 Å². The summed E-state index contributed by atoms with van der Waals surface area (Å²) in [6.07, 6.45) is 6.00. The van der Waals surface area contributed by atoms with E-state index in [1.54, 1.807) is 48.7 Å². The first kappa shape index (κ1) is 20.6. The highest BCUT2D eigenvalue weighted by Gasteiger charge is 2.16. The molecule has 160 valence electrons. The number of nitrogens with zero attached hydrogens (tertiary/aromatic N) is 3. The molecule has 1 fully saturated rings. The second-order valence-corrected chi connectivity index (χ2v) is 7.49. The van der Waals surface area contributed by atoms with E-state index < -0.39 is 0 Å². The van der Waals surface area contributed by atoms with Crippen LogP contribution in [0.25, 0.3) is 5.69 Å². The van der Waals surface area contributed by atoms with Crippen molar-refractivity contribution in [3.05, 3.63) is 72.3 Å². The summed E-state index contributed by atoms with van der Waals surface area (Å²) in [5, 5.41) is 9.89. The number of benzene rings is 2. The molecule has 1 aliphatic rings. The summed E-state index contributed by atoms with van der Waals surface area (Å²) in [7, 11) is 0. The van der Waals surface area contributed by atoms with Crippen molar-refractivity contribution >= 4 is 23.3 Å². The molecule has 1 aliphatic heterocycles. The molecule has 1 saturated heterocycles. The average molecular weight is 421 g/mol. The quantitative estimate of drug-likeness (QED) is 0.642. The molecule has 3 aromatic rings. The topological polar surface area (TPSA) is 79.3 Å². The molecule has 0 saturated carbocycles. The molecular formula is C23H24FN5O2. The summed E-state index contributed by atoms with van der Waals surface area (Å²) in [5.74, 6) is -0.751. The number of hydrogen-bond donors (Lipinski definition) is 2. The lowest BCUT2D eigenvalue weighted by atomic mass is 10.2. The first-order valence-electron chi connectivity index (χ1n) is 10.4. The largest absolute Gasteiger partial charge is 0.325 e. The van der Waals surface area contributed by atoms with Gasteiger partial charge in [-0.3, -0.25) is 4.79 Å². The molecule has 1 aromatic heterocycles. The molecule has 8 heteroatoms. The van der Waals surface area contributed by atoms with Gasteiger partial charge in [0.05, 0.1) is 5.69 Å². The highest BCUT2D eigenvalue weighted by Crippen LogP contribution is 2.17. The number of carbonyl (C=O) groups is 2. The summed E-state index contributed by atoms with van der Waals surface area (Å²) >= 11 is 0. The van der Waals surface area contributed by atoms with Gasteiger partial charge in [0, 0.05) is 30.7 Å². The van der Waals surface area contributed by atoms with Gasteiger partial charge in [0.1, 0.15) is 5.82 Å². The third-order valence-corrected chi connectivity index (χ3v) is 5.18. The minimum Gasteiger partial charge on any atom is -0.325 e. The third kappa shape index (κ3) is 5.28. The van der Waals surface area contributed by atoms with Crippen LogP contribution >= 0.6 is 0 Å². The van der Waals surface area contributed by atoms with Crippen LogP contribution in [0.15, 0.2) is 60.8 Å². The lowest BCUT2D eigenvalue weighted by Gasteiger charge is -2.20. The van der Waals surface area contributed by atoms with E-state index in [9.17, 15) is 14.0 Å². The van der Waals surface area contributed by atoms with Crippen molar-refractivity contribution in [1.82, 2.24) is 14.7 Å². The Kier molecular flexibility index (Phi) is 6.26. The maximum Gasteiger partial charge on any atom is 0.321 e. The number of hydrogen-bond acceptors (Lipinski definition) is 3. The molecule has 4 rings (SSSR count). The van der Waals surface area contributed by atoms with Crippen LogP contribution in [0.3, 0.4) is 0 Å². The van der Waals surface area contributed by atoms with Gasteiger partial charge in [-0.05, 0) is 61.4 Å². The van der Waals surface area contributed by atoms with Crippen LogP contribution in [0.2, 0.25) is 0 Å². The summed E-state index contributed by atoms with van der Waals surface area (Å²) in [4.78, 5) is 26.8. The Bertz CT molecular complexity index is 1060. The highest BCUT2D eigenvalue weighted by molar-refractivity contribution is 6.03. The molecule has 7 nitrogen and oxygen atoms in total. The van der Waals surface area contributed by atoms with Crippen molar-refractivity contribution in [1.29, 1.82) is 0 Å². The third-order valence-electron chi connectivity index (χ3n) is 5.18. The van der Waals surface area contributed by atoms with Crippen LogP contribution in [0.4, 0.5) is 20.6 Å². The fourth-order valence-corrected chi connectivity index (χ4v) is 3.52. The first-order valence-corrected chi connectivity index (χ1v) is 10.4. The zero-order valence-corrected chi connectivity index (χ0v) is 17.1. The molecule has 0 radical (unpaired) electrons. The fraction of sp³-hybridized carbons (Fsp3) is 0.261. The fourth-order valence-electron chi connectivity index (χ4n) is 3.52. The average Bonchev–Trinajstić information content (AvgIpc) is 3.11. The van der Waals surface area contributed by atoms with Crippen LogP contribution in [-0.4, -0.2) is 39.7 Å². The Labute approximate surface area is 179 Å². The summed E-state index contributed by atoms with van der Waals surface area (Å²) in [5.41, 5.74) is 1.99. The van der Waals surface area contributed by atoms with Crippen LogP contribution in [0, 0.1) is 5.82 Å². The molecular weight excluding hydrogens is 397 g/mol. The number of amides is 3. The molecule has 3 amide bonds. The second-order valence-electron chi connectivity index (χ2n) is 7.49. The molecule has 2 aromatic carbocycles. The van der Waals surface area contributed by atoms with E-state index in [1.165, 1.54) is 29.7 Å². The van der Waals surface area contributed by atoms with E-state index in [1.807, 2.05) is 4.90 Å². The lowest BCUT2D eigenvalue weighted by Crippen LogP contribution is -2.35. The maximum atomic E-state index is 13.4. The van der Waals surface area contributed by atoms with Crippen molar-refractivity contribution in [2.75, 3.05) is 23.7 Å². The minimum absolute atomic E-state index is 0.0958. The van der Waals surface area contributed by atoms with Gasteiger partial charge in [0.15, 0.2) is 5.69 Å². The van der Waals surface area contributed by atoms with Gasteiger partial charge in [-0.1, -0.05) is 18.9 Å². The van der Waals surface area contributed by atoms with Crippen molar-refractivity contribution in [3.8, 4) is 5.69 Å². The number of rotatable bonds is 4. The Morgan fingerprint density at radius 3 is 2.23 bits per heavy atom. The van der Waals surface area contributed by atoms with Gasteiger partial charge >= 0.3 is 6.03 Å². The van der Waals surface area contributed by atoms with Crippen molar-refractivity contribution in [3.63, 3.8) is 0 Å². The minimum atomic E-state index is -0.378. The van der Waals surface area contributed by atoms with Gasteiger partial charge in [0.25, 0.3) is 5.91 Å². The lowest BCUT2D eigenvalue weighted by molar-refractivity contribution is 0.102. The zero-order chi connectivity index (χ0) is 21.6. The number of likely N-dealkylation sites (tertiary alicyclic amines) is 1. The number of urea groups is 1. The molecule has 0 atom stereocenters. The van der Waals surface area contributed by atoms with Crippen molar-refractivity contribution < 1.29 is 14.0 Å². The predicted molar refractivity (Wildman–Crippen MR) is 117 cm³/mol. The van der Waals surface area contributed by atoms with Crippen LogP contribution in [-0.2, 0) is 0 Å². The van der Waals surface area contributed by atoms with Gasteiger partial charge in [-0.25, -0.2) is 13.9 Å². The Balaban J connectivity index is 1.35. The predicted octanol–water partition coefficient (Wildman–Crippen LogP) is 4.67. The number of carbonyl (C=O) groups excluding carboxylic acids is 2. The first-order chi connectivity index (χ1) is 15.1. The summed E-state index contributed by atoms with van der Waals surface area (Å²) < 4.78 is 14.8. The van der Waals surface area contributed by atoms with Crippen molar-refractivity contribution in [2.24, 2.45) is 0 Å². The molecule has 0 unspecified atom stereocenters. The second kappa shape index (κ2) is 9.42. The molecule has 0 bridgehead atoms. The van der Waals surface area contributed by atoms with Crippen LogP contribution in [0.1, 0.15) is 36.2 Å². The highest BCUT2D eigenvalue weighted by atomic mass is 19.1. The maximum absolute atomic E-state index is 13.4. The van der Waals surface area contributed by atoms with Gasteiger partial charge in [-0.15, -0.1) is 0 Å². The van der Waals surface area contributed by atoms with E-state index in [-0.39, 0.29) is 23.4 Å². The number of anilines is 2. The van der Waals surface area contributed by atoms with Gasteiger partial charge in [0.2, 0.25) is 0 Å². The zero-order valence-electron chi connectivity index (χ0n) is 17.1. The Hall–Kier alpha value is -3.68. The normalized spacial score (nSPS) is 14.0. The number of halogens is 1. The van der Waals surface area contributed by atoms with Crippen LogP contribution < -0.4 is 10.6 Å². The number of aromatic nitrogens is 2. The van der Waals surface area contributed by atoms with E-state index in [0.717, 1.165) is 25.9 Å². The summed E-state index contributed by atoms with van der Waals surface area (Å²) in [6.45, 7) is 1.56. The van der Waals surface area contributed by atoms with Crippen LogP contribution in [0.5, 0.6) is 0 Å². The van der Waals surface area contributed by atoms with Crippen molar-refractivity contribution in [2.45, 2.75) is 25.7 Å². The molecule has 2 heterocycles. The molecule has 31 heavy (non-hydrogen) atoms. The van der Waals surface area contributed by atoms with E-state index in [0.29, 0.717) is 17.1 Å². The molecule has 0 spiro atoms. The Morgan fingerprint density at radius 1 is 0.871 bits per heavy atom. The van der Waals surface area contributed by atoms with E-state index in [4.69, 9.17) is 0 Å². The monoisotopic (exact) mass is 421 g/mol. The van der Waals surface area contributed by atoms with Gasteiger partial charge in [-0.2, -0.15) is 5.10 Å². The standard InChI is InChI=1S/C23H24FN5O2/c24-17-6-5-7-20(16-17)29-15-12-21(27-29)22(30)25-18-8-10-19(11-9-18)26-23(31)28-13-3-1-2-4-14-28/h5-12,15-16H,1-4,13-14H2,(H,25,30)(H,26,31). The van der Waals surface area contributed by atoms with E-state index in [2.05, 4.69) is 15.7 Å². The molecule has 0 aliphatic carbocycles. The SMILES string of the molecule is O=C(Nc1ccc(NC(=O)N2CCCCCC2)cc1)c1ccn(-c2cccc(F)c2)n1. The number of nitrogens with one attached hydrogen (secondary N) is 2. The summed E-state index contributed by atoms with van der Waals surface area (Å²) in [6, 6.07) is 14.4. The smallest absolute Gasteiger partial charge is 0.321 e. The Morgan fingerprint density at radius 2 is 1.55 bits per heavy atom.